The average molecular weight is 384 g/mol. The number of phenols is 1. The predicted octanol–water partition coefficient (Wildman–Crippen LogP) is 3.57. The lowest BCUT2D eigenvalue weighted by atomic mass is 9.95. The van der Waals surface area contributed by atoms with E-state index in [1.165, 1.54) is 6.08 Å². The summed E-state index contributed by atoms with van der Waals surface area (Å²) in [6.45, 7) is 5.18. The van der Waals surface area contributed by atoms with Crippen LogP contribution in [0.5, 0.6) is 5.75 Å². The molecule has 0 aliphatic carbocycles. The van der Waals surface area contributed by atoms with E-state index in [-0.39, 0.29) is 23.6 Å². The second-order valence-electron chi connectivity index (χ2n) is 7.62. The summed E-state index contributed by atoms with van der Waals surface area (Å²) in [4.78, 5) is 28.3. The SMILES string of the molecule is C=CC(=O)N1CC(N2Cc3ccc(-c4cc(O)cc5ccccc45)cc3C2=O)C1. The summed E-state index contributed by atoms with van der Waals surface area (Å²) in [7, 11) is 0. The highest BCUT2D eigenvalue weighted by atomic mass is 16.3. The third kappa shape index (κ3) is 2.78. The van der Waals surface area contributed by atoms with Crippen LogP contribution in [0, 0.1) is 0 Å². The number of fused-ring (bicyclic) bond motifs is 2. The maximum Gasteiger partial charge on any atom is 0.254 e. The molecule has 0 unspecified atom stereocenters. The van der Waals surface area contributed by atoms with Gasteiger partial charge in [-0.2, -0.15) is 0 Å². The van der Waals surface area contributed by atoms with Crippen molar-refractivity contribution in [2.24, 2.45) is 0 Å². The maximum absolute atomic E-state index is 13.0. The fraction of sp³-hybridized carbons (Fsp3) is 0.167. The molecule has 1 N–H and O–H groups in total. The number of hydrogen-bond donors (Lipinski definition) is 1. The van der Waals surface area contributed by atoms with E-state index in [1.54, 1.807) is 17.0 Å². The Labute approximate surface area is 168 Å². The lowest BCUT2D eigenvalue weighted by Gasteiger charge is -2.43. The molecule has 5 heteroatoms. The van der Waals surface area contributed by atoms with E-state index < -0.39 is 0 Å². The first kappa shape index (κ1) is 17.5. The fourth-order valence-electron chi connectivity index (χ4n) is 4.28. The van der Waals surface area contributed by atoms with Crippen molar-refractivity contribution in [2.45, 2.75) is 12.6 Å². The number of likely N-dealkylation sites (tertiary alicyclic amines) is 1. The van der Waals surface area contributed by atoms with Crippen LogP contribution in [0.2, 0.25) is 0 Å². The molecular weight excluding hydrogens is 364 g/mol. The van der Waals surface area contributed by atoms with E-state index in [0.717, 1.165) is 27.5 Å². The molecule has 2 amide bonds. The van der Waals surface area contributed by atoms with Crippen LogP contribution in [-0.4, -0.2) is 45.9 Å². The van der Waals surface area contributed by atoms with Crippen molar-refractivity contribution in [2.75, 3.05) is 13.1 Å². The average Bonchev–Trinajstić information content (AvgIpc) is 3.01. The Balaban J connectivity index is 1.46. The van der Waals surface area contributed by atoms with Crippen molar-refractivity contribution in [3.05, 3.63) is 78.4 Å². The largest absolute Gasteiger partial charge is 0.508 e. The van der Waals surface area contributed by atoms with Crippen molar-refractivity contribution < 1.29 is 14.7 Å². The van der Waals surface area contributed by atoms with Crippen LogP contribution in [0.25, 0.3) is 21.9 Å². The quantitative estimate of drug-likeness (QED) is 0.703. The number of hydrogen-bond acceptors (Lipinski definition) is 3. The van der Waals surface area contributed by atoms with E-state index in [2.05, 4.69) is 6.58 Å². The second-order valence-corrected chi connectivity index (χ2v) is 7.62. The molecule has 0 radical (unpaired) electrons. The van der Waals surface area contributed by atoms with Crippen LogP contribution >= 0.6 is 0 Å². The zero-order valence-electron chi connectivity index (χ0n) is 15.8. The first-order valence-electron chi connectivity index (χ1n) is 9.62. The van der Waals surface area contributed by atoms with Gasteiger partial charge >= 0.3 is 0 Å². The monoisotopic (exact) mass is 384 g/mol. The van der Waals surface area contributed by atoms with Crippen molar-refractivity contribution in [3.8, 4) is 16.9 Å². The number of nitrogens with zero attached hydrogens (tertiary/aromatic N) is 2. The molecule has 2 aliphatic heterocycles. The van der Waals surface area contributed by atoms with Crippen LogP contribution in [0.4, 0.5) is 0 Å². The molecule has 0 spiro atoms. The third-order valence-corrected chi connectivity index (χ3v) is 5.89. The molecular formula is C24H20N2O3. The maximum atomic E-state index is 13.0. The van der Waals surface area contributed by atoms with E-state index in [9.17, 15) is 14.7 Å². The topological polar surface area (TPSA) is 60.9 Å². The zero-order chi connectivity index (χ0) is 20.1. The van der Waals surface area contributed by atoms with Gasteiger partial charge in [-0.25, -0.2) is 0 Å². The first-order valence-corrected chi connectivity index (χ1v) is 9.62. The van der Waals surface area contributed by atoms with Crippen molar-refractivity contribution >= 4 is 22.6 Å². The number of amides is 2. The summed E-state index contributed by atoms with van der Waals surface area (Å²) in [6, 6.07) is 17.3. The minimum Gasteiger partial charge on any atom is -0.508 e. The Morgan fingerprint density at radius 1 is 1.07 bits per heavy atom. The van der Waals surface area contributed by atoms with E-state index >= 15 is 0 Å². The normalized spacial score (nSPS) is 16.1. The Morgan fingerprint density at radius 2 is 1.86 bits per heavy atom. The van der Waals surface area contributed by atoms with Gasteiger partial charge < -0.3 is 14.9 Å². The van der Waals surface area contributed by atoms with Gasteiger partial charge in [0.15, 0.2) is 0 Å². The van der Waals surface area contributed by atoms with Gasteiger partial charge in [0.1, 0.15) is 5.75 Å². The van der Waals surface area contributed by atoms with Crippen LogP contribution < -0.4 is 0 Å². The molecule has 0 saturated carbocycles. The van der Waals surface area contributed by atoms with E-state index in [0.29, 0.717) is 25.2 Å². The lowest BCUT2D eigenvalue weighted by Crippen LogP contribution is -2.60. The molecule has 2 heterocycles. The van der Waals surface area contributed by atoms with E-state index in [4.69, 9.17) is 0 Å². The van der Waals surface area contributed by atoms with Crippen LogP contribution in [-0.2, 0) is 11.3 Å². The number of rotatable bonds is 3. The molecule has 29 heavy (non-hydrogen) atoms. The van der Waals surface area contributed by atoms with Gasteiger partial charge in [0, 0.05) is 25.2 Å². The number of carbonyl (C=O) groups is 2. The Kier molecular flexibility index (Phi) is 3.91. The standard InChI is InChI=1S/C24H20N2O3/c1-2-23(28)25-13-18(14-25)26-12-17-8-7-16(10-22(17)24(26)29)21-11-19(27)9-15-5-3-4-6-20(15)21/h2-11,18,27H,1,12-14H2. The minimum absolute atomic E-state index is 0.00186. The Morgan fingerprint density at radius 3 is 2.66 bits per heavy atom. The summed E-state index contributed by atoms with van der Waals surface area (Å²) < 4.78 is 0. The Hall–Kier alpha value is -3.60. The van der Waals surface area contributed by atoms with Crippen molar-refractivity contribution in [3.63, 3.8) is 0 Å². The number of carbonyl (C=O) groups excluding carboxylic acids is 2. The first-order chi connectivity index (χ1) is 14.0. The van der Waals surface area contributed by atoms with Gasteiger partial charge in [-0.3, -0.25) is 9.59 Å². The molecule has 5 rings (SSSR count). The second kappa shape index (κ2) is 6.48. The third-order valence-electron chi connectivity index (χ3n) is 5.89. The summed E-state index contributed by atoms with van der Waals surface area (Å²) in [6.07, 6.45) is 1.31. The highest BCUT2D eigenvalue weighted by molar-refractivity contribution is 6.02. The van der Waals surface area contributed by atoms with Crippen LogP contribution in [0.3, 0.4) is 0 Å². The molecule has 3 aromatic rings. The highest BCUT2D eigenvalue weighted by Crippen LogP contribution is 2.36. The van der Waals surface area contributed by atoms with Gasteiger partial charge in [0.2, 0.25) is 5.91 Å². The number of phenolic OH excluding ortho intramolecular Hbond substituents is 1. The molecule has 0 atom stereocenters. The minimum atomic E-state index is -0.0940. The molecule has 3 aromatic carbocycles. The Bertz CT molecular complexity index is 1180. The predicted molar refractivity (Wildman–Crippen MR) is 111 cm³/mol. The van der Waals surface area contributed by atoms with Crippen LogP contribution in [0.15, 0.2) is 67.3 Å². The van der Waals surface area contributed by atoms with Gasteiger partial charge in [-0.1, -0.05) is 43.0 Å². The van der Waals surface area contributed by atoms with Gasteiger partial charge in [0.25, 0.3) is 5.91 Å². The van der Waals surface area contributed by atoms with Gasteiger partial charge in [0.05, 0.1) is 6.04 Å². The molecule has 2 aliphatic rings. The summed E-state index contributed by atoms with van der Waals surface area (Å²) in [5.74, 6) is 0.110. The molecule has 0 bridgehead atoms. The summed E-state index contributed by atoms with van der Waals surface area (Å²) in [5.41, 5.74) is 3.50. The lowest BCUT2D eigenvalue weighted by molar-refractivity contribution is -0.132. The summed E-state index contributed by atoms with van der Waals surface area (Å²) >= 11 is 0. The molecule has 5 nitrogen and oxygen atoms in total. The van der Waals surface area contributed by atoms with Crippen molar-refractivity contribution in [1.82, 2.24) is 9.80 Å². The van der Waals surface area contributed by atoms with E-state index in [1.807, 2.05) is 47.4 Å². The fourth-order valence-corrected chi connectivity index (χ4v) is 4.28. The zero-order valence-corrected chi connectivity index (χ0v) is 15.8. The highest BCUT2D eigenvalue weighted by Gasteiger charge is 2.40. The smallest absolute Gasteiger partial charge is 0.254 e. The molecule has 1 saturated heterocycles. The van der Waals surface area contributed by atoms with Crippen LogP contribution in [0.1, 0.15) is 15.9 Å². The van der Waals surface area contributed by atoms with Gasteiger partial charge in [-0.05, 0) is 51.7 Å². The van der Waals surface area contributed by atoms with Crippen molar-refractivity contribution in [1.29, 1.82) is 0 Å². The van der Waals surface area contributed by atoms with Gasteiger partial charge in [-0.15, -0.1) is 0 Å². The molecule has 0 aromatic heterocycles. The molecule has 144 valence electrons. The summed E-state index contributed by atoms with van der Waals surface area (Å²) in [5, 5.41) is 12.1. The molecule has 1 fully saturated rings. The number of aromatic hydroxyl groups is 1. The number of benzene rings is 3.